The summed E-state index contributed by atoms with van der Waals surface area (Å²) in [6.07, 6.45) is -0.564. The SMILES string of the molecule is COC(=O)Nc1nc2c(Br)ccc(Br)c2[nH]1. The van der Waals surface area contributed by atoms with E-state index in [2.05, 4.69) is 51.9 Å². The first-order chi connectivity index (χ1) is 7.61. The Hall–Kier alpha value is -1.08. The van der Waals surface area contributed by atoms with Gasteiger partial charge in [-0.15, -0.1) is 0 Å². The minimum atomic E-state index is -0.564. The smallest absolute Gasteiger partial charge is 0.413 e. The highest BCUT2D eigenvalue weighted by Crippen LogP contribution is 2.29. The lowest BCUT2D eigenvalue weighted by Crippen LogP contribution is -2.11. The summed E-state index contributed by atoms with van der Waals surface area (Å²) in [5.74, 6) is 0.342. The molecule has 16 heavy (non-hydrogen) atoms. The minimum Gasteiger partial charge on any atom is -0.453 e. The molecule has 0 bridgehead atoms. The van der Waals surface area contributed by atoms with Crippen LogP contribution < -0.4 is 5.32 Å². The number of amides is 1. The molecule has 0 unspecified atom stereocenters. The standard InChI is InChI=1S/C9H7Br2N3O2/c1-16-9(15)14-8-12-6-4(10)2-3-5(11)7(6)13-8/h2-3H,1H3,(H2,12,13,14,15). The molecule has 0 saturated heterocycles. The van der Waals surface area contributed by atoms with Crippen LogP contribution >= 0.6 is 31.9 Å². The fourth-order valence-electron chi connectivity index (χ4n) is 1.23. The molecule has 1 aromatic carbocycles. The number of anilines is 1. The van der Waals surface area contributed by atoms with Crippen molar-refractivity contribution >= 4 is 54.9 Å². The van der Waals surface area contributed by atoms with Crippen LogP contribution in [0, 0.1) is 0 Å². The first-order valence-electron chi connectivity index (χ1n) is 4.30. The molecule has 0 aliphatic rings. The number of nitrogens with one attached hydrogen (secondary N) is 2. The Morgan fingerprint density at radius 1 is 1.44 bits per heavy atom. The predicted molar refractivity (Wildman–Crippen MR) is 67.5 cm³/mol. The summed E-state index contributed by atoms with van der Waals surface area (Å²) in [6, 6.07) is 3.75. The largest absolute Gasteiger partial charge is 0.453 e. The van der Waals surface area contributed by atoms with Gasteiger partial charge in [-0.3, -0.25) is 5.32 Å². The molecule has 0 aliphatic heterocycles. The van der Waals surface area contributed by atoms with Crippen LogP contribution in [0.5, 0.6) is 0 Å². The molecule has 0 saturated carbocycles. The molecule has 1 amide bonds. The maximum atomic E-state index is 11.0. The van der Waals surface area contributed by atoms with Gasteiger partial charge >= 0.3 is 6.09 Å². The van der Waals surface area contributed by atoms with Gasteiger partial charge in [-0.25, -0.2) is 9.78 Å². The normalized spacial score (nSPS) is 10.4. The zero-order valence-electron chi connectivity index (χ0n) is 8.17. The number of H-pyrrole nitrogens is 1. The lowest BCUT2D eigenvalue weighted by Gasteiger charge is -1.97. The zero-order chi connectivity index (χ0) is 11.7. The van der Waals surface area contributed by atoms with E-state index in [0.29, 0.717) is 5.95 Å². The number of hydrogen-bond acceptors (Lipinski definition) is 3. The van der Waals surface area contributed by atoms with E-state index < -0.39 is 6.09 Å². The maximum absolute atomic E-state index is 11.0. The first-order valence-corrected chi connectivity index (χ1v) is 5.89. The molecule has 7 heteroatoms. The molecule has 2 aromatic rings. The molecule has 0 aliphatic carbocycles. The Labute approximate surface area is 108 Å². The molecule has 2 rings (SSSR count). The number of aromatic nitrogens is 2. The van der Waals surface area contributed by atoms with Crippen molar-refractivity contribution in [2.75, 3.05) is 12.4 Å². The summed E-state index contributed by atoms with van der Waals surface area (Å²) in [6.45, 7) is 0. The second kappa shape index (κ2) is 4.42. The maximum Gasteiger partial charge on any atom is 0.413 e. The van der Waals surface area contributed by atoms with Crippen molar-refractivity contribution < 1.29 is 9.53 Å². The van der Waals surface area contributed by atoms with E-state index in [4.69, 9.17) is 0 Å². The molecule has 0 fully saturated rings. The Balaban J connectivity index is 2.47. The third-order valence-corrected chi connectivity index (χ3v) is 3.25. The number of benzene rings is 1. The second-order valence-electron chi connectivity index (χ2n) is 2.95. The summed E-state index contributed by atoms with van der Waals surface area (Å²) in [7, 11) is 1.30. The molecule has 0 atom stereocenters. The zero-order valence-corrected chi connectivity index (χ0v) is 11.3. The van der Waals surface area contributed by atoms with Crippen LogP contribution in [0.2, 0.25) is 0 Å². The van der Waals surface area contributed by atoms with Gasteiger partial charge in [-0.2, -0.15) is 0 Å². The van der Waals surface area contributed by atoms with Gasteiger partial charge in [-0.1, -0.05) is 0 Å². The van der Waals surface area contributed by atoms with Crippen molar-refractivity contribution in [3.8, 4) is 0 Å². The first kappa shape index (κ1) is 11.4. The number of nitrogens with zero attached hydrogens (tertiary/aromatic N) is 1. The highest BCUT2D eigenvalue weighted by atomic mass is 79.9. The number of carbonyl (C=O) groups is 1. The van der Waals surface area contributed by atoms with E-state index in [-0.39, 0.29) is 0 Å². The third kappa shape index (κ3) is 2.05. The van der Waals surface area contributed by atoms with E-state index >= 15 is 0 Å². The highest BCUT2D eigenvalue weighted by molar-refractivity contribution is 9.11. The topological polar surface area (TPSA) is 67.0 Å². The average molecular weight is 349 g/mol. The number of carbonyl (C=O) groups excluding carboxylic acids is 1. The number of imidazole rings is 1. The Morgan fingerprint density at radius 2 is 2.12 bits per heavy atom. The molecule has 84 valence electrons. The van der Waals surface area contributed by atoms with Crippen molar-refractivity contribution in [3.63, 3.8) is 0 Å². The van der Waals surface area contributed by atoms with Crippen LogP contribution in [0.1, 0.15) is 0 Å². The van der Waals surface area contributed by atoms with Crippen LogP contribution in [0.4, 0.5) is 10.7 Å². The van der Waals surface area contributed by atoms with Gasteiger partial charge in [0.25, 0.3) is 0 Å². The second-order valence-corrected chi connectivity index (χ2v) is 4.66. The van der Waals surface area contributed by atoms with Crippen molar-refractivity contribution in [1.82, 2.24) is 9.97 Å². The Morgan fingerprint density at radius 3 is 2.75 bits per heavy atom. The number of methoxy groups -OCH3 is 1. The summed E-state index contributed by atoms with van der Waals surface area (Å²) in [5, 5.41) is 2.47. The van der Waals surface area contributed by atoms with E-state index in [0.717, 1.165) is 20.0 Å². The summed E-state index contributed by atoms with van der Waals surface area (Å²) >= 11 is 6.77. The lowest BCUT2D eigenvalue weighted by atomic mass is 10.3. The molecule has 2 N–H and O–H groups in total. The van der Waals surface area contributed by atoms with Gasteiger partial charge in [0.2, 0.25) is 5.95 Å². The number of rotatable bonds is 1. The van der Waals surface area contributed by atoms with Gasteiger partial charge < -0.3 is 9.72 Å². The Kier molecular flexibility index (Phi) is 3.15. The van der Waals surface area contributed by atoms with E-state index in [9.17, 15) is 4.79 Å². The predicted octanol–water partition coefficient (Wildman–Crippen LogP) is 3.27. The van der Waals surface area contributed by atoms with Crippen molar-refractivity contribution in [2.24, 2.45) is 0 Å². The van der Waals surface area contributed by atoms with Crippen LogP contribution in [-0.4, -0.2) is 23.2 Å². The monoisotopic (exact) mass is 347 g/mol. The average Bonchev–Trinajstić information content (AvgIpc) is 2.68. The molecular formula is C9H7Br2N3O2. The number of aromatic amines is 1. The number of fused-ring (bicyclic) bond motifs is 1. The number of ether oxygens (including phenoxy) is 1. The molecule has 0 radical (unpaired) electrons. The summed E-state index contributed by atoms with van der Waals surface area (Å²) in [5.41, 5.74) is 1.54. The lowest BCUT2D eigenvalue weighted by molar-refractivity contribution is 0.186. The van der Waals surface area contributed by atoms with Gasteiger partial charge in [0, 0.05) is 8.95 Å². The minimum absolute atomic E-state index is 0.342. The molecule has 1 heterocycles. The van der Waals surface area contributed by atoms with Gasteiger partial charge in [-0.05, 0) is 44.0 Å². The van der Waals surface area contributed by atoms with Crippen molar-refractivity contribution in [2.45, 2.75) is 0 Å². The highest BCUT2D eigenvalue weighted by Gasteiger charge is 2.10. The number of hydrogen-bond donors (Lipinski definition) is 2. The number of halogens is 2. The van der Waals surface area contributed by atoms with Crippen LogP contribution in [-0.2, 0) is 4.74 Å². The molecule has 5 nitrogen and oxygen atoms in total. The van der Waals surface area contributed by atoms with E-state index in [1.165, 1.54) is 7.11 Å². The van der Waals surface area contributed by atoms with Crippen molar-refractivity contribution in [1.29, 1.82) is 0 Å². The quantitative estimate of drug-likeness (QED) is 0.831. The van der Waals surface area contributed by atoms with Gasteiger partial charge in [0.15, 0.2) is 0 Å². The van der Waals surface area contributed by atoms with Crippen LogP contribution in [0.15, 0.2) is 21.1 Å². The van der Waals surface area contributed by atoms with Gasteiger partial charge in [0.1, 0.15) is 5.52 Å². The molecule has 1 aromatic heterocycles. The molecular weight excluding hydrogens is 342 g/mol. The fraction of sp³-hybridized carbons (Fsp3) is 0.111. The summed E-state index contributed by atoms with van der Waals surface area (Å²) in [4.78, 5) is 18.2. The summed E-state index contributed by atoms with van der Waals surface area (Å²) < 4.78 is 6.20. The Bertz CT molecular complexity index is 514. The van der Waals surface area contributed by atoms with E-state index in [1.54, 1.807) is 0 Å². The molecule has 0 spiro atoms. The third-order valence-electron chi connectivity index (χ3n) is 1.95. The van der Waals surface area contributed by atoms with Crippen LogP contribution in [0.3, 0.4) is 0 Å². The fourth-order valence-corrected chi connectivity index (χ4v) is 2.07. The van der Waals surface area contributed by atoms with Gasteiger partial charge in [0.05, 0.1) is 12.6 Å². The van der Waals surface area contributed by atoms with Crippen molar-refractivity contribution in [3.05, 3.63) is 21.1 Å². The van der Waals surface area contributed by atoms with E-state index in [1.807, 2.05) is 12.1 Å². The van der Waals surface area contributed by atoms with Crippen LogP contribution in [0.25, 0.3) is 11.0 Å².